The third-order valence-electron chi connectivity index (χ3n) is 6.18. The smallest absolute Gasteiger partial charge is 0.279 e. The SMILES string of the molecule is O=c1c2c(-c3nc(-c4ccc(F)cc4)no3)ncn2c2ccc(Cl)cc2n1CCN1CCOCC1. The van der Waals surface area contributed by atoms with E-state index >= 15 is 0 Å². The van der Waals surface area contributed by atoms with Crippen molar-refractivity contribution in [2.75, 3.05) is 32.8 Å². The minimum atomic E-state index is -0.359. The molecule has 0 N–H and O–H groups in total. The number of nitrogens with zero attached hydrogens (tertiary/aromatic N) is 6. The largest absolute Gasteiger partial charge is 0.379 e. The Morgan fingerprint density at radius 3 is 2.63 bits per heavy atom. The zero-order chi connectivity index (χ0) is 23.9. The van der Waals surface area contributed by atoms with Crippen LogP contribution >= 0.6 is 11.6 Å². The van der Waals surface area contributed by atoms with E-state index < -0.39 is 0 Å². The molecule has 2 aromatic carbocycles. The monoisotopic (exact) mass is 494 g/mol. The summed E-state index contributed by atoms with van der Waals surface area (Å²) in [5, 5.41) is 4.54. The van der Waals surface area contributed by atoms with Crippen LogP contribution in [0.5, 0.6) is 0 Å². The molecule has 1 fully saturated rings. The molecule has 1 aliphatic heterocycles. The molecule has 9 nitrogen and oxygen atoms in total. The number of benzene rings is 2. The van der Waals surface area contributed by atoms with Gasteiger partial charge in [-0.1, -0.05) is 16.8 Å². The van der Waals surface area contributed by atoms with Crippen LogP contribution in [0.4, 0.5) is 4.39 Å². The van der Waals surface area contributed by atoms with Crippen LogP contribution in [0.15, 0.2) is 58.1 Å². The Hall–Kier alpha value is -3.60. The molecule has 0 bridgehead atoms. The van der Waals surface area contributed by atoms with Gasteiger partial charge >= 0.3 is 0 Å². The predicted molar refractivity (Wildman–Crippen MR) is 128 cm³/mol. The Morgan fingerprint density at radius 1 is 1.03 bits per heavy atom. The fraction of sp³-hybridized carbons (Fsp3) is 0.250. The lowest BCUT2D eigenvalue weighted by atomic mass is 10.2. The van der Waals surface area contributed by atoms with E-state index in [4.69, 9.17) is 20.9 Å². The first-order chi connectivity index (χ1) is 17.1. The van der Waals surface area contributed by atoms with E-state index in [-0.39, 0.29) is 28.8 Å². The van der Waals surface area contributed by atoms with Crippen molar-refractivity contribution in [2.24, 2.45) is 0 Å². The number of ether oxygens (including phenoxy) is 1. The van der Waals surface area contributed by atoms with E-state index in [1.165, 1.54) is 12.1 Å². The van der Waals surface area contributed by atoms with E-state index in [0.29, 0.717) is 47.9 Å². The molecular formula is C24H20ClFN6O3. The third-order valence-corrected chi connectivity index (χ3v) is 6.41. The number of hydrogen-bond donors (Lipinski definition) is 0. The van der Waals surface area contributed by atoms with Crippen molar-refractivity contribution in [1.82, 2.24) is 29.0 Å². The van der Waals surface area contributed by atoms with Crippen molar-refractivity contribution in [3.05, 3.63) is 70.0 Å². The zero-order valence-corrected chi connectivity index (χ0v) is 19.3. The molecule has 11 heteroatoms. The molecule has 3 aromatic heterocycles. The average Bonchev–Trinajstić information content (AvgIpc) is 3.53. The molecule has 5 aromatic rings. The van der Waals surface area contributed by atoms with Gasteiger partial charge in [0.25, 0.3) is 11.4 Å². The van der Waals surface area contributed by atoms with Crippen molar-refractivity contribution < 1.29 is 13.7 Å². The molecule has 0 amide bonds. The van der Waals surface area contributed by atoms with Gasteiger partial charge in [-0.15, -0.1) is 0 Å². The first kappa shape index (κ1) is 21.9. The van der Waals surface area contributed by atoms with Crippen LogP contribution < -0.4 is 5.56 Å². The molecule has 0 atom stereocenters. The van der Waals surface area contributed by atoms with Gasteiger partial charge in [-0.25, -0.2) is 9.37 Å². The van der Waals surface area contributed by atoms with E-state index in [1.807, 2.05) is 6.07 Å². The van der Waals surface area contributed by atoms with Crippen molar-refractivity contribution in [3.63, 3.8) is 0 Å². The maximum absolute atomic E-state index is 13.8. The summed E-state index contributed by atoms with van der Waals surface area (Å²) in [4.78, 5) is 24.9. The average molecular weight is 495 g/mol. The van der Waals surface area contributed by atoms with E-state index in [1.54, 1.807) is 39.6 Å². The first-order valence-electron chi connectivity index (χ1n) is 11.2. The van der Waals surface area contributed by atoms with Gasteiger partial charge < -0.3 is 13.8 Å². The summed E-state index contributed by atoms with van der Waals surface area (Å²) in [6.45, 7) is 4.17. The van der Waals surface area contributed by atoms with Gasteiger partial charge in [0.15, 0.2) is 5.69 Å². The van der Waals surface area contributed by atoms with Crippen LogP contribution in [0.1, 0.15) is 0 Å². The summed E-state index contributed by atoms with van der Waals surface area (Å²) in [6.07, 6.45) is 1.57. The summed E-state index contributed by atoms with van der Waals surface area (Å²) in [6, 6.07) is 11.2. The van der Waals surface area contributed by atoms with Gasteiger partial charge in [0.2, 0.25) is 5.82 Å². The van der Waals surface area contributed by atoms with E-state index in [0.717, 1.165) is 18.6 Å². The fourth-order valence-corrected chi connectivity index (χ4v) is 4.54. The van der Waals surface area contributed by atoms with Crippen molar-refractivity contribution >= 4 is 28.2 Å². The molecule has 6 rings (SSSR count). The highest BCUT2D eigenvalue weighted by Gasteiger charge is 2.22. The fourth-order valence-electron chi connectivity index (χ4n) is 4.37. The molecule has 0 unspecified atom stereocenters. The lowest BCUT2D eigenvalue weighted by Crippen LogP contribution is -2.39. The number of aromatic nitrogens is 5. The maximum atomic E-state index is 13.8. The Kier molecular flexibility index (Phi) is 5.56. The van der Waals surface area contributed by atoms with Crippen LogP contribution in [0.2, 0.25) is 5.02 Å². The Morgan fingerprint density at radius 2 is 1.83 bits per heavy atom. The molecule has 35 heavy (non-hydrogen) atoms. The Labute approximate surface area is 203 Å². The first-order valence-corrected chi connectivity index (χ1v) is 11.6. The topological polar surface area (TPSA) is 90.7 Å². The van der Waals surface area contributed by atoms with Gasteiger partial charge in [0.05, 0.1) is 24.2 Å². The van der Waals surface area contributed by atoms with Crippen LogP contribution in [-0.4, -0.2) is 61.8 Å². The highest BCUT2D eigenvalue weighted by atomic mass is 35.5. The second kappa shape index (κ2) is 8.88. The minimum Gasteiger partial charge on any atom is -0.379 e. The van der Waals surface area contributed by atoms with E-state index in [9.17, 15) is 9.18 Å². The number of fused-ring (bicyclic) bond motifs is 3. The quantitative estimate of drug-likeness (QED) is 0.369. The zero-order valence-electron chi connectivity index (χ0n) is 18.5. The highest BCUT2D eigenvalue weighted by Crippen LogP contribution is 2.27. The second-order valence-electron chi connectivity index (χ2n) is 8.29. The molecular weight excluding hydrogens is 475 g/mol. The summed E-state index contributed by atoms with van der Waals surface area (Å²) < 4.78 is 27.6. The number of rotatable bonds is 5. The van der Waals surface area contributed by atoms with Gasteiger partial charge in [-0.3, -0.25) is 14.1 Å². The number of hydrogen-bond acceptors (Lipinski definition) is 7. The Balaban J connectivity index is 1.47. The molecule has 178 valence electrons. The maximum Gasteiger partial charge on any atom is 0.279 e. The van der Waals surface area contributed by atoms with Crippen LogP contribution in [0.3, 0.4) is 0 Å². The lowest BCUT2D eigenvalue weighted by molar-refractivity contribution is 0.0364. The molecule has 0 aliphatic carbocycles. The predicted octanol–water partition coefficient (Wildman–Crippen LogP) is 3.49. The van der Waals surface area contributed by atoms with Crippen LogP contribution in [-0.2, 0) is 11.3 Å². The molecule has 0 saturated carbocycles. The molecule has 1 aliphatic rings. The summed E-state index contributed by atoms with van der Waals surface area (Å²) in [5.74, 6) is 0.0282. The van der Waals surface area contributed by atoms with Gasteiger partial charge in [-0.2, -0.15) is 4.98 Å². The van der Waals surface area contributed by atoms with Crippen molar-refractivity contribution in [3.8, 4) is 23.0 Å². The summed E-state index contributed by atoms with van der Waals surface area (Å²) in [7, 11) is 0. The molecule has 1 saturated heterocycles. The van der Waals surface area contributed by atoms with Crippen molar-refractivity contribution in [2.45, 2.75) is 6.54 Å². The number of halogens is 2. The normalized spacial score (nSPS) is 14.8. The van der Waals surface area contributed by atoms with Gasteiger partial charge in [0.1, 0.15) is 17.7 Å². The summed E-state index contributed by atoms with van der Waals surface area (Å²) >= 11 is 6.29. The lowest BCUT2D eigenvalue weighted by Gasteiger charge is -2.27. The highest BCUT2D eigenvalue weighted by molar-refractivity contribution is 6.31. The molecule has 0 radical (unpaired) electrons. The number of imidazole rings is 1. The van der Waals surface area contributed by atoms with Crippen LogP contribution in [0, 0.1) is 5.82 Å². The van der Waals surface area contributed by atoms with Crippen LogP contribution in [0.25, 0.3) is 39.5 Å². The second-order valence-corrected chi connectivity index (χ2v) is 8.72. The third kappa shape index (κ3) is 3.99. The van der Waals surface area contributed by atoms with Gasteiger partial charge in [-0.05, 0) is 42.5 Å². The van der Waals surface area contributed by atoms with Gasteiger partial charge in [0, 0.05) is 36.8 Å². The van der Waals surface area contributed by atoms with E-state index in [2.05, 4.69) is 20.0 Å². The molecule has 0 spiro atoms. The van der Waals surface area contributed by atoms with Crippen molar-refractivity contribution in [1.29, 1.82) is 0 Å². The minimum absolute atomic E-state index is 0.108. The standard InChI is InChI=1S/C24H20ClFN6O3/c25-16-3-6-18-19(13-16)31(8-7-30-9-11-34-12-10-30)24(33)21-20(27-14-32(18)21)23-28-22(29-35-23)15-1-4-17(26)5-2-15/h1-6,13-14H,7-12H2. The summed E-state index contributed by atoms with van der Waals surface area (Å²) in [5.41, 5.74) is 2.46. The molecule has 4 heterocycles. The Bertz CT molecular complexity index is 1590. The number of morpholine rings is 1.